The average molecular weight is 186 g/mol. The molecule has 0 spiro atoms. The van der Waals surface area contributed by atoms with Gasteiger partial charge in [-0.1, -0.05) is 30.7 Å². The van der Waals surface area contributed by atoms with E-state index in [0.29, 0.717) is 0 Å². The third kappa shape index (κ3) is 2.06. The van der Waals surface area contributed by atoms with Gasteiger partial charge in [0.1, 0.15) is 0 Å². The zero-order valence-corrected chi connectivity index (χ0v) is 8.76. The summed E-state index contributed by atoms with van der Waals surface area (Å²) in [5.41, 5.74) is 4.58. The molecule has 1 aromatic carbocycles. The van der Waals surface area contributed by atoms with E-state index in [1.165, 1.54) is 37.7 Å². The van der Waals surface area contributed by atoms with Crippen LogP contribution in [0.4, 0.5) is 0 Å². The number of rotatable bonds is 2. The fourth-order valence-electron chi connectivity index (χ4n) is 2.26. The molecule has 0 aromatic heterocycles. The molecule has 0 heterocycles. The molecule has 0 fully saturated rings. The Labute approximate surface area is 86.7 Å². The summed E-state index contributed by atoms with van der Waals surface area (Å²) >= 11 is 0. The molecule has 74 valence electrons. The first-order valence-electron chi connectivity index (χ1n) is 5.62. The second-order valence-electron chi connectivity index (χ2n) is 4.16. The molecule has 0 nitrogen and oxygen atoms in total. The number of aryl methyl sites for hydroxylation is 2. The van der Waals surface area contributed by atoms with Crippen LogP contribution in [0.5, 0.6) is 0 Å². The summed E-state index contributed by atoms with van der Waals surface area (Å²) in [5, 5.41) is 0. The second-order valence-corrected chi connectivity index (χ2v) is 4.16. The van der Waals surface area contributed by atoms with E-state index in [2.05, 4.69) is 24.8 Å². The lowest BCUT2D eigenvalue weighted by Gasteiger charge is -2.07. The van der Waals surface area contributed by atoms with Crippen LogP contribution in [-0.4, -0.2) is 0 Å². The molecule has 0 N–H and O–H groups in total. The van der Waals surface area contributed by atoms with E-state index in [0.717, 1.165) is 6.42 Å². The largest absolute Gasteiger partial charge is 0.103 e. The van der Waals surface area contributed by atoms with Crippen molar-refractivity contribution in [2.45, 2.75) is 38.5 Å². The van der Waals surface area contributed by atoms with E-state index >= 15 is 0 Å². The molecule has 0 bridgehead atoms. The van der Waals surface area contributed by atoms with Crippen molar-refractivity contribution < 1.29 is 0 Å². The van der Waals surface area contributed by atoms with E-state index in [1.54, 1.807) is 11.1 Å². The maximum absolute atomic E-state index is 3.79. The van der Waals surface area contributed by atoms with Crippen LogP contribution in [0.2, 0.25) is 0 Å². The molecule has 0 radical (unpaired) electrons. The highest BCUT2D eigenvalue weighted by Gasteiger charge is 2.07. The lowest BCUT2D eigenvalue weighted by molar-refractivity contribution is 0.711. The van der Waals surface area contributed by atoms with Crippen molar-refractivity contribution in [3.63, 3.8) is 0 Å². The monoisotopic (exact) mass is 186 g/mol. The van der Waals surface area contributed by atoms with Gasteiger partial charge in [0.25, 0.3) is 0 Å². The number of hydrogen-bond acceptors (Lipinski definition) is 0. The van der Waals surface area contributed by atoms with Gasteiger partial charge >= 0.3 is 0 Å². The van der Waals surface area contributed by atoms with Crippen LogP contribution >= 0.6 is 0 Å². The standard InChI is InChI=1S/C14H18/c1-2-6-12-9-10-13-7-4-3-5-8-14(13)11-12/h2,9-11H,1,3-8H2. The Kier molecular flexibility index (Phi) is 3.03. The Hall–Kier alpha value is -1.04. The first-order chi connectivity index (χ1) is 6.90. The summed E-state index contributed by atoms with van der Waals surface area (Å²) in [4.78, 5) is 0. The predicted octanol–water partition coefficient (Wildman–Crippen LogP) is 3.68. The van der Waals surface area contributed by atoms with Gasteiger partial charge in [0.2, 0.25) is 0 Å². The van der Waals surface area contributed by atoms with Gasteiger partial charge in [-0.25, -0.2) is 0 Å². The molecular formula is C14H18. The lowest BCUT2D eigenvalue weighted by Crippen LogP contribution is -1.93. The Morgan fingerprint density at radius 3 is 2.64 bits per heavy atom. The van der Waals surface area contributed by atoms with E-state index in [4.69, 9.17) is 0 Å². The first kappa shape index (κ1) is 9.51. The zero-order chi connectivity index (χ0) is 9.80. The molecule has 0 saturated heterocycles. The van der Waals surface area contributed by atoms with Crippen molar-refractivity contribution in [1.29, 1.82) is 0 Å². The van der Waals surface area contributed by atoms with Crippen LogP contribution in [0, 0.1) is 0 Å². The highest BCUT2D eigenvalue weighted by Crippen LogP contribution is 2.21. The molecule has 0 saturated carbocycles. The SMILES string of the molecule is C=CCc1ccc2c(c1)CCCCC2. The van der Waals surface area contributed by atoms with Crippen molar-refractivity contribution in [2.75, 3.05) is 0 Å². The number of hydrogen-bond donors (Lipinski definition) is 0. The van der Waals surface area contributed by atoms with Gasteiger partial charge in [-0.2, -0.15) is 0 Å². The molecule has 14 heavy (non-hydrogen) atoms. The molecule has 1 aromatic rings. The van der Waals surface area contributed by atoms with Crippen LogP contribution in [0.3, 0.4) is 0 Å². The third-order valence-corrected chi connectivity index (χ3v) is 3.04. The van der Waals surface area contributed by atoms with E-state index < -0.39 is 0 Å². The molecule has 1 aliphatic carbocycles. The Morgan fingerprint density at radius 2 is 1.86 bits per heavy atom. The molecule has 0 aliphatic heterocycles. The molecule has 0 atom stereocenters. The molecule has 0 amide bonds. The summed E-state index contributed by atoms with van der Waals surface area (Å²) in [5.74, 6) is 0. The average Bonchev–Trinajstić information content (AvgIpc) is 2.42. The van der Waals surface area contributed by atoms with E-state index in [9.17, 15) is 0 Å². The van der Waals surface area contributed by atoms with Gasteiger partial charge < -0.3 is 0 Å². The topological polar surface area (TPSA) is 0 Å². The molecule has 0 heteroatoms. The summed E-state index contributed by atoms with van der Waals surface area (Å²) in [7, 11) is 0. The van der Waals surface area contributed by atoms with Gasteiger partial charge in [0.05, 0.1) is 0 Å². The zero-order valence-electron chi connectivity index (χ0n) is 8.76. The van der Waals surface area contributed by atoms with Crippen LogP contribution < -0.4 is 0 Å². The molecule has 2 rings (SSSR count). The molecule has 0 unspecified atom stereocenters. The highest BCUT2D eigenvalue weighted by atomic mass is 14.1. The summed E-state index contributed by atoms with van der Waals surface area (Å²) in [6, 6.07) is 6.95. The highest BCUT2D eigenvalue weighted by molar-refractivity contribution is 5.33. The van der Waals surface area contributed by atoms with Gasteiger partial charge in [-0.15, -0.1) is 6.58 Å². The van der Waals surface area contributed by atoms with Crippen molar-refractivity contribution in [1.82, 2.24) is 0 Å². The Morgan fingerprint density at radius 1 is 1.07 bits per heavy atom. The van der Waals surface area contributed by atoms with Crippen molar-refractivity contribution in [3.8, 4) is 0 Å². The minimum absolute atomic E-state index is 1.01. The van der Waals surface area contributed by atoms with Crippen LogP contribution in [-0.2, 0) is 19.3 Å². The minimum Gasteiger partial charge on any atom is -0.103 e. The lowest BCUT2D eigenvalue weighted by atomic mass is 9.99. The van der Waals surface area contributed by atoms with E-state index in [1.807, 2.05) is 6.08 Å². The van der Waals surface area contributed by atoms with Gasteiger partial charge in [-0.05, 0) is 48.8 Å². The van der Waals surface area contributed by atoms with Crippen molar-refractivity contribution in [2.24, 2.45) is 0 Å². The van der Waals surface area contributed by atoms with Crippen LogP contribution in [0.15, 0.2) is 30.9 Å². The van der Waals surface area contributed by atoms with E-state index in [-0.39, 0.29) is 0 Å². The summed E-state index contributed by atoms with van der Waals surface area (Å²) in [6.45, 7) is 3.79. The number of benzene rings is 1. The van der Waals surface area contributed by atoms with Gasteiger partial charge in [0.15, 0.2) is 0 Å². The molecular weight excluding hydrogens is 168 g/mol. The predicted molar refractivity (Wildman–Crippen MR) is 61.6 cm³/mol. The smallest absolute Gasteiger partial charge is 0.0100 e. The van der Waals surface area contributed by atoms with Gasteiger partial charge in [0, 0.05) is 0 Å². The quantitative estimate of drug-likeness (QED) is 0.488. The summed E-state index contributed by atoms with van der Waals surface area (Å²) in [6.07, 6.45) is 9.68. The number of fused-ring (bicyclic) bond motifs is 1. The Bertz CT molecular complexity index is 323. The normalized spacial score (nSPS) is 15.7. The van der Waals surface area contributed by atoms with Gasteiger partial charge in [-0.3, -0.25) is 0 Å². The number of allylic oxidation sites excluding steroid dienone is 1. The van der Waals surface area contributed by atoms with Crippen LogP contribution in [0.25, 0.3) is 0 Å². The van der Waals surface area contributed by atoms with Crippen LogP contribution in [0.1, 0.15) is 36.0 Å². The second kappa shape index (κ2) is 4.45. The minimum atomic E-state index is 1.01. The Balaban J connectivity index is 2.27. The fourth-order valence-corrected chi connectivity index (χ4v) is 2.26. The maximum Gasteiger partial charge on any atom is -0.0100 e. The fraction of sp³-hybridized carbons (Fsp3) is 0.429. The molecule has 1 aliphatic rings. The van der Waals surface area contributed by atoms with Crippen molar-refractivity contribution in [3.05, 3.63) is 47.5 Å². The third-order valence-electron chi connectivity index (χ3n) is 3.04. The van der Waals surface area contributed by atoms with Crippen molar-refractivity contribution >= 4 is 0 Å². The maximum atomic E-state index is 3.79. The summed E-state index contributed by atoms with van der Waals surface area (Å²) < 4.78 is 0. The first-order valence-corrected chi connectivity index (χ1v) is 5.62.